The van der Waals surface area contributed by atoms with Crippen LogP contribution in [0.25, 0.3) is 0 Å². The van der Waals surface area contributed by atoms with Crippen LogP contribution in [0.5, 0.6) is 0 Å². The molecule has 1 aromatic heterocycles. The minimum atomic E-state index is 0.474. The minimum Gasteiger partial charge on any atom is -0.378 e. The number of rotatable bonds is 9. The van der Waals surface area contributed by atoms with E-state index in [0.29, 0.717) is 38.9 Å². The van der Waals surface area contributed by atoms with Gasteiger partial charge in [0.2, 0.25) is 0 Å². The highest BCUT2D eigenvalue weighted by molar-refractivity contribution is 5.01. The third-order valence-corrected chi connectivity index (χ3v) is 2.37. The Labute approximate surface area is 117 Å². The van der Waals surface area contributed by atoms with Gasteiger partial charge in [0, 0.05) is 19.3 Å². The molecule has 0 spiro atoms. The van der Waals surface area contributed by atoms with Crippen LogP contribution in [0, 0.1) is 0 Å². The van der Waals surface area contributed by atoms with E-state index in [1.165, 1.54) is 0 Å². The average molecular weight is 271 g/mol. The molecule has 2 N–H and O–H groups in total. The van der Waals surface area contributed by atoms with E-state index in [0.717, 1.165) is 12.2 Å². The molecule has 0 radical (unpaired) electrons. The summed E-state index contributed by atoms with van der Waals surface area (Å²) in [4.78, 5) is 4.32. The lowest BCUT2D eigenvalue weighted by atomic mass is 10.2. The van der Waals surface area contributed by atoms with Gasteiger partial charge in [-0.25, -0.2) is 4.98 Å². The topological polar surface area (TPSA) is 62.3 Å². The van der Waals surface area contributed by atoms with Crippen LogP contribution < -0.4 is 5.73 Å². The first kappa shape index (κ1) is 18.1. The molecule has 112 valence electrons. The molecule has 1 rings (SSSR count). The number of nitrogens with two attached hydrogens (primary N) is 1. The number of imidazole rings is 1. The van der Waals surface area contributed by atoms with E-state index in [9.17, 15) is 0 Å². The highest BCUT2D eigenvalue weighted by atomic mass is 16.5. The fourth-order valence-electron chi connectivity index (χ4n) is 1.37. The van der Waals surface area contributed by atoms with E-state index in [4.69, 9.17) is 15.2 Å². The predicted octanol–water partition coefficient (Wildman–Crippen LogP) is 2.02. The normalized spacial score (nSPS) is 10.4. The van der Waals surface area contributed by atoms with Gasteiger partial charge in [-0.05, 0) is 5.92 Å². The predicted molar refractivity (Wildman–Crippen MR) is 78.4 cm³/mol. The lowest BCUT2D eigenvalue weighted by Crippen LogP contribution is -2.13. The second-order valence-electron chi connectivity index (χ2n) is 4.20. The van der Waals surface area contributed by atoms with Crippen LogP contribution in [-0.2, 0) is 16.0 Å². The van der Waals surface area contributed by atoms with Crippen molar-refractivity contribution >= 4 is 0 Å². The maximum Gasteiger partial charge on any atom is 0.0950 e. The molecular formula is C14H29N3O2. The van der Waals surface area contributed by atoms with Crippen molar-refractivity contribution in [1.82, 2.24) is 9.55 Å². The van der Waals surface area contributed by atoms with Gasteiger partial charge in [-0.2, -0.15) is 0 Å². The van der Waals surface area contributed by atoms with Gasteiger partial charge in [0.15, 0.2) is 0 Å². The van der Waals surface area contributed by atoms with E-state index in [2.05, 4.69) is 29.6 Å². The van der Waals surface area contributed by atoms with Gasteiger partial charge in [-0.1, -0.05) is 27.7 Å². The molecule has 0 aliphatic rings. The highest BCUT2D eigenvalue weighted by Gasteiger charge is 2.02. The lowest BCUT2D eigenvalue weighted by molar-refractivity contribution is 0.0477. The fraction of sp³-hybridized carbons (Fsp3) is 0.786. The van der Waals surface area contributed by atoms with E-state index < -0.39 is 0 Å². The minimum absolute atomic E-state index is 0.474. The first-order valence-corrected chi connectivity index (χ1v) is 7.11. The molecule has 0 saturated carbocycles. The van der Waals surface area contributed by atoms with Gasteiger partial charge >= 0.3 is 0 Å². The maximum absolute atomic E-state index is 5.44. The molecule has 19 heavy (non-hydrogen) atoms. The van der Waals surface area contributed by atoms with Crippen molar-refractivity contribution in [3.63, 3.8) is 0 Å². The first-order chi connectivity index (χ1) is 9.24. The summed E-state index contributed by atoms with van der Waals surface area (Å²) < 4.78 is 12.7. The summed E-state index contributed by atoms with van der Waals surface area (Å²) in [6.45, 7) is 12.2. The van der Waals surface area contributed by atoms with Gasteiger partial charge in [0.1, 0.15) is 0 Å². The van der Waals surface area contributed by atoms with Crippen molar-refractivity contribution in [2.75, 3.05) is 33.0 Å². The molecule has 1 heterocycles. The largest absolute Gasteiger partial charge is 0.378 e. The fourth-order valence-corrected chi connectivity index (χ4v) is 1.37. The quantitative estimate of drug-likeness (QED) is 0.698. The Hall–Kier alpha value is -0.910. The lowest BCUT2D eigenvalue weighted by Gasteiger charge is -2.05. The zero-order valence-electron chi connectivity index (χ0n) is 12.8. The maximum atomic E-state index is 5.44. The van der Waals surface area contributed by atoms with Gasteiger partial charge in [0.25, 0.3) is 0 Å². The molecule has 0 atom stereocenters. The van der Waals surface area contributed by atoms with Crippen LogP contribution in [0.15, 0.2) is 12.5 Å². The second kappa shape index (κ2) is 12.1. The molecule has 0 saturated heterocycles. The molecule has 0 amide bonds. The van der Waals surface area contributed by atoms with Crippen molar-refractivity contribution in [2.24, 2.45) is 5.73 Å². The monoisotopic (exact) mass is 271 g/mol. The summed E-state index contributed by atoms with van der Waals surface area (Å²) in [6.07, 6.45) is 3.92. The van der Waals surface area contributed by atoms with Gasteiger partial charge < -0.3 is 19.8 Å². The van der Waals surface area contributed by atoms with Crippen molar-refractivity contribution < 1.29 is 9.47 Å². The van der Waals surface area contributed by atoms with Gasteiger partial charge in [-0.15, -0.1) is 0 Å². The van der Waals surface area contributed by atoms with Crippen LogP contribution in [0.1, 0.15) is 39.3 Å². The Morgan fingerprint density at radius 3 is 2.32 bits per heavy atom. The number of ether oxygens (including phenoxy) is 2. The van der Waals surface area contributed by atoms with Crippen molar-refractivity contribution in [2.45, 2.75) is 40.2 Å². The Bertz CT molecular complexity index is 301. The smallest absolute Gasteiger partial charge is 0.0950 e. The Morgan fingerprint density at radius 1 is 1.16 bits per heavy atom. The van der Waals surface area contributed by atoms with E-state index in [1.807, 2.05) is 20.2 Å². The number of nitrogens with zero attached hydrogens (tertiary/aromatic N) is 2. The molecule has 1 aromatic rings. The number of aromatic nitrogens is 2. The standard InChI is InChI=1S/C12H23N3O2.C2H6/c1-11(2)12-9-15(10-14-12)4-6-17-8-7-16-5-3-13;1-2/h9-11H,3-8,13H2,1-2H3;1-2H3. The number of hydrogen-bond acceptors (Lipinski definition) is 4. The van der Waals surface area contributed by atoms with Crippen molar-refractivity contribution in [1.29, 1.82) is 0 Å². The second-order valence-corrected chi connectivity index (χ2v) is 4.20. The van der Waals surface area contributed by atoms with Crippen LogP contribution in [0.2, 0.25) is 0 Å². The van der Waals surface area contributed by atoms with Crippen molar-refractivity contribution in [3.05, 3.63) is 18.2 Å². The summed E-state index contributed by atoms with van der Waals surface area (Å²) in [5.41, 5.74) is 6.42. The molecule has 0 fully saturated rings. The van der Waals surface area contributed by atoms with E-state index in [1.54, 1.807) is 0 Å². The van der Waals surface area contributed by atoms with Gasteiger partial charge in [-0.3, -0.25) is 0 Å². The highest BCUT2D eigenvalue weighted by Crippen LogP contribution is 2.10. The molecule has 5 heteroatoms. The summed E-state index contributed by atoms with van der Waals surface area (Å²) in [7, 11) is 0. The van der Waals surface area contributed by atoms with E-state index >= 15 is 0 Å². The Morgan fingerprint density at radius 2 is 1.79 bits per heavy atom. The van der Waals surface area contributed by atoms with E-state index in [-0.39, 0.29) is 0 Å². The third kappa shape index (κ3) is 8.75. The summed E-state index contributed by atoms with van der Waals surface area (Å²) in [5, 5.41) is 0. The number of hydrogen-bond donors (Lipinski definition) is 1. The van der Waals surface area contributed by atoms with Gasteiger partial charge in [0.05, 0.1) is 38.4 Å². The van der Waals surface area contributed by atoms with Crippen LogP contribution in [-0.4, -0.2) is 42.5 Å². The first-order valence-electron chi connectivity index (χ1n) is 7.11. The molecular weight excluding hydrogens is 242 g/mol. The summed E-state index contributed by atoms with van der Waals surface area (Å²) >= 11 is 0. The molecule has 0 aliphatic carbocycles. The average Bonchev–Trinajstić information content (AvgIpc) is 2.89. The zero-order valence-corrected chi connectivity index (χ0v) is 12.8. The summed E-state index contributed by atoms with van der Waals surface area (Å²) in [5.74, 6) is 0.474. The molecule has 0 unspecified atom stereocenters. The van der Waals surface area contributed by atoms with Crippen LogP contribution >= 0.6 is 0 Å². The zero-order chi connectivity index (χ0) is 14.5. The van der Waals surface area contributed by atoms with Crippen LogP contribution in [0.3, 0.4) is 0 Å². The Kier molecular flexibility index (Phi) is 11.6. The molecule has 0 aliphatic heterocycles. The molecule has 0 aromatic carbocycles. The molecule has 5 nitrogen and oxygen atoms in total. The SMILES string of the molecule is CC.CC(C)c1cn(CCOCCOCCN)cn1. The van der Waals surface area contributed by atoms with Crippen molar-refractivity contribution in [3.8, 4) is 0 Å². The molecule has 0 bridgehead atoms. The summed E-state index contributed by atoms with van der Waals surface area (Å²) in [6, 6.07) is 0. The Balaban J connectivity index is 0.00000154. The third-order valence-electron chi connectivity index (χ3n) is 2.37. The van der Waals surface area contributed by atoms with Crippen LogP contribution in [0.4, 0.5) is 0 Å².